The molecule has 196 valence electrons. The number of hydrogen-bond donors (Lipinski definition) is 1. The molecule has 0 radical (unpaired) electrons. The van der Waals surface area contributed by atoms with Crippen molar-refractivity contribution in [3.8, 4) is 5.75 Å². The lowest BCUT2D eigenvalue weighted by Gasteiger charge is -2.32. The summed E-state index contributed by atoms with van der Waals surface area (Å²) in [5.41, 5.74) is 3.02. The van der Waals surface area contributed by atoms with Crippen molar-refractivity contribution in [1.82, 2.24) is 10.2 Å². The Morgan fingerprint density at radius 3 is 2.17 bits per heavy atom. The number of methoxy groups -OCH3 is 1. The molecule has 0 unspecified atom stereocenters. The minimum Gasteiger partial charge on any atom is -0.497 e. The number of hydrogen-bond acceptors (Lipinski definition) is 5. The first-order valence-electron chi connectivity index (χ1n) is 12.3. The van der Waals surface area contributed by atoms with Gasteiger partial charge in [-0.1, -0.05) is 31.0 Å². The molecular formula is C27H37N3O5S. The number of benzene rings is 2. The third-order valence-corrected chi connectivity index (χ3v) is 7.70. The Bertz CT molecular complexity index is 1150. The normalized spacial score (nSPS) is 14.8. The minimum atomic E-state index is -3.76. The van der Waals surface area contributed by atoms with Gasteiger partial charge in [0.05, 0.1) is 19.1 Å². The molecule has 36 heavy (non-hydrogen) atoms. The van der Waals surface area contributed by atoms with Crippen molar-refractivity contribution >= 4 is 27.5 Å². The first-order valence-corrected chi connectivity index (χ1v) is 14.1. The number of amides is 2. The Labute approximate surface area is 214 Å². The highest BCUT2D eigenvalue weighted by atomic mass is 32.2. The second kappa shape index (κ2) is 11.8. The van der Waals surface area contributed by atoms with Crippen LogP contribution >= 0.6 is 0 Å². The Kier molecular flexibility index (Phi) is 9.00. The highest BCUT2D eigenvalue weighted by molar-refractivity contribution is 7.92. The summed E-state index contributed by atoms with van der Waals surface area (Å²) in [6.07, 6.45) is 5.10. The summed E-state index contributed by atoms with van der Waals surface area (Å²) in [5.74, 6) is -0.00717. The van der Waals surface area contributed by atoms with Crippen molar-refractivity contribution in [3.05, 3.63) is 59.2 Å². The summed E-state index contributed by atoms with van der Waals surface area (Å²) >= 11 is 0. The molecular weight excluding hydrogens is 478 g/mol. The Balaban J connectivity index is 1.89. The number of carbonyl (C=O) groups is 2. The minimum absolute atomic E-state index is 0.112. The smallest absolute Gasteiger partial charge is 0.244 e. The van der Waals surface area contributed by atoms with Crippen LogP contribution in [0.2, 0.25) is 0 Å². The van der Waals surface area contributed by atoms with Crippen LogP contribution in [0.5, 0.6) is 5.75 Å². The summed E-state index contributed by atoms with van der Waals surface area (Å²) in [4.78, 5) is 28.2. The lowest BCUT2D eigenvalue weighted by molar-refractivity contribution is -0.139. The van der Waals surface area contributed by atoms with Gasteiger partial charge in [0.2, 0.25) is 21.8 Å². The SMILES string of the molecule is COc1ccc(CN(C(=O)CN(c2cc(C)cc(C)c2)S(C)(=O)=O)[C@@H](C)C(=O)NC2CCCC2)cc1. The van der Waals surface area contributed by atoms with Crippen molar-refractivity contribution < 1.29 is 22.7 Å². The van der Waals surface area contributed by atoms with E-state index in [-0.39, 0.29) is 18.5 Å². The van der Waals surface area contributed by atoms with Crippen LogP contribution in [0.25, 0.3) is 0 Å². The monoisotopic (exact) mass is 515 g/mol. The highest BCUT2D eigenvalue weighted by Crippen LogP contribution is 2.23. The van der Waals surface area contributed by atoms with Gasteiger partial charge in [-0.25, -0.2) is 8.42 Å². The van der Waals surface area contributed by atoms with E-state index in [4.69, 9.17) is 4.74 Å². The van der Waals surface area contributed by atoms with Crippen molar-refractivity contribution in [3.63, 3.8) is 0 Å². The number of aryl methyl sites for hydroxylation is 2. The standard InChI is InChI=1S/C27H37N3O5S/c1-19-14-20(2)16-24(15-19)30(36(5,33)34)18-26(31)29(17-22-10-12-25(35-4)13-11-22)21(3)27(32)28-23-8-6-7-9-23/h10-16,21,23H,6-9,17-18H2,1-5H3,(H,28,32)/t21-/m0/s1. The molecule has 1 N–H and O–H groups in total. The lowest BCUT2D eigenvalue weighted by Crippen LogP contribution is -2.52. The average Bonchev–Trinajstić information content (AvgIpc) is 3.32. The zero-order valence-corrected chi connectivity index (χ0v) is 22.6. The molecule has 0 aromatic heterocycles. The number of nitrogens with one attached hydrogen (secondary N) is 1. The van der Waals surface area contributed by atoms with Gasteiger partial charge in [-0.05, 0) is 74.6 Å². The van der Waals surface area contributed by atoms with Crippen molar-refractivity contribution in [1.29, 1.82) is 0 Å². The third-order valence-electron chi connectivity index (χ3n) is 6.55. The zero-order chi connectivity index (χ0) is 26.5. The van der Waals surface area contributed by atoms with Crippen LogP contribution in [0.4, 0.5) is 5.69 Å². The first kappa shape index (κ1) is 27.5. The van der Waals surface area contributed by atoms with Crippen molar-refractivity contribution in [2.45, 2.75) is 65.1 Å². The maximum atomic E-state index is 13.7. The fourth-order valence-electron chi connectivity index (χ4n) is 4.61. The number of ether oxygens (including phenoxy) is 1. The molecule has 0 spiro atoms. The van der Waals surface area contributed by atoms with E-state index in [1.165, 1.54) is 4.90 Å². The average molecular weight is 516 g/mol. The van der Waals surface area contributed by atoms with E-state index in [0.717, 1.165) is 52.9 Å². The van der Waals surface area contributed by atoms with E-state index in [9.17, 15) is 18.0 Å². The Morgan fingerprint density at radius 1 is 1.06 bits per heavy atom. The summed E-state index contributed by atoms with van der Waals surface area (Å²) in [7, 11) is -2.18. The van der Waals surface area contributed by atoms with E-state index in [2.05, 4.69) is 5.32 Å². The lowest BCUT2D eigenvalue weighted by atomic mass is 10.1. The molecule has 1 atom stereocenters. The molecule has 2 aromatic rings. The van der Waals surface area contributed by atoms with Crippen molar-refractivity contribution in [2.24, 2.45) is 0 Å². The maximum Gasteiger partial charge on any atom is 0.244 e. The van der Waals surface area contributed by atoms with Gasteiger partial charge in [-0.15, -0.1) is 0 Å². The van der Waals surface area contributed by atoms with Crippen LogP contribution in [-0.2, 0) is 26.2 Å². The highest BCUT2D eigenvalue weighted by Gasteiger charge is 2.31. The first-order chi connectivity index (χ1) is 17.0. The van der Waals surface area contributed by atoms with Gasteiger partial charge in [-0.2, -0.15) is 0 Å². The largest absolute Gasteiger partial charge is 0.497 e. The third kappa shape index (κ3) is 7.22. The Hall–Kier alpha value is -3.07. The molecule has 2 amide bonds. The van der Waals surface area contributed by atoms with Gasteiger partial charge in [0, 0.05) is 12.6 Å². The molecule has 3 rings (SSSR count). The molecule has 1 aliphatic rings. The van der Waals surface area contributed by atoms with Crippen LogP contribution < -0.4 is 14.4 Å². The number of anilines is 1. The summed E-state index contributed by atoms with van der Waals surface area (Å²) < 4.78 is 31.8. The molecule has 2 aromatic carbocycles. The molecule has 0 heterocycles. The van der Waals surface area contributed by atoms with Crippen molar-refractivity contribution in [2.75, 3.05) is 24.2 Å². The van der Waals surface area contributed by atoms with Gasteiger partial charge in [-0.3, -0.25) is 13.9 Å². The van der Waals surface area contributed by atoms with E-state index in [1.807, 2.05) is 32.0 Å². The van der Waals surface area contributed by atoms with Crippen LogP contribution in [0.15, 0.2) is 42.5 Å². The molecule has 9 heteroatoms. The maximum absolute atomic E-state index is 13.7. The van der Waals surface area contributed by atoms with E-state index in [1.54, 1.807) is 38.3 Å². The molecule has 8 nitrogen and oxygen atoms in total. The molecule has 0 bridgehead atoms. The van der Waals surface area contributed by atoms with E-state index >= 15 is 0 Å². The van der Waals surface area contributed by atoms with Gasteiger partial charge in [0.1, 0.15) is 18.3 Å². The zero-order valence-electron chi connectivity index (χ0n) is 21.8. The van der Waals surface area contributed by atoms with Gasteiger partial charge in [0.25, 0.3) is 0 Å². The molecule has 1 aliphatic carbocycles. The quantitative estimate of drug-likeness (QED) is 0.522. The Morgan fingerprint density at radius 2 is 1.64 bits per heavy atom. The summed E-state index contributed by atoms with van der Waals surface area (Å²) in [5, 5.41) is 3.06. The number of carbonyl (C=O) groups excluding carboxylic acids is 2. The predicted octanol–water partition coefficient (Wildman–Crippen LogP) is 3.55. The summed E-state index contributed by atoms with van der Waals surface area (Å²) in [6, 6.07) is 12.0. The fourth-order valence-corrected chi connectivity index (χ4v) is 5.44. The topological polar surface area (TPSA) is 96.0 Å². The number of nitrogens with zero attached hydrogens (tertiary/aromatic N) is 2. The van der Waals surface area contributed by atoms with Crippen LogP contribution in [0.1, 0.15) is 49.3 Å². The molecule has 1 fully saturated rings. The molecule has 1 saturated carbocycles. The van der Waals surface area contributed by atoms with Crippen LogP contribution in [-0.4, -0.2) is 57.1 Å². The molecule has 0 saturated heterocycles. The van der Waals surface area contributed by atoms with Crippen LogP contribution in [0, 0.1) is 13.8 Å². The van der Waals surface area contributed by atoms with E-state index < -0.39 is 28.5 Å². The number of sulfonamides is 1. The second-order valence-corrected chi connectivity index (χ2v) is 11.6. The number of rotatable bonds is 10. The van der Waals surface area contributed by atoms with Gasteiger partial charge in [0.15, 0.2) is 0 Å². The van der Waals surface area contributed by atoms with Gasteiger partial charge < -0.3 is 15.0 Å². The fraction of sp³-hybridized carbons (Fsp3) is 0.481. The molecule has 0 aliphatic heterocycles. The van der Waals surface area contributed by atoms with E-state index in [0.29, 0.717) is 11.4 Å². The van der Waals surface area contributed by atoms with Gasteiger partial charge >= 0.3 is 0 Å². The predicted molar refractivity (Wildman–Crippen MR) is 142 cm³/mol. The van der Waals surface area contributed by atoms with Crippen LogP contribution in [0.3, 0.4) is 0 Å². The second-order valence-electron chi connectivity index (χ2n) is 9.65. The summed E-state index contributed by atoms with van der Waals surface area (Å²) in [6.45, 7) is 5.20.